The van der Waals surface area contributed by atoms with Crippen LogP contribution in [0.1, 0.15) is 18.1 Å². The monoisotopic (exact) mass is 503 g/mol. The summed E-state index contributed by atoms with van der Waals surface area (Å²) in [4.78, 5) is 17.6. The first-order chi connectivity index (χ1) is 17.9. The number of aliphatic hydroxyl groups is 1. The van der Waals surface area contributed by atoms with Crippen molar-refractivity contribution in [3.05, 3.63) is 84.3 Å². The Kier molecular flexibility index (Phi) is 5.52. The molecule has 4 aromatic heterocycles. The normalized spacial score (nSPS) is 15.8. The molecule has 0 bridgehead atoms. The first-order valence-corrected chi connectivity index (χ1v) is 11.7. The molecule has 6 rings (SSSR count). The molecule has 1 fully saturated rings. The average Bonchev–Trinajstić information content (AvgIpc) is 3.59. The Bertz CT molecular complexity index is 1540. The van der Waals surface area contributed by atoms with Crippen molar-refractivity contribution < 1.29 is 13.9 Å². The predicted octanol–water partition coefficient (Wildman–Crippen LogP) is 2.77. The summed E-state index contributed by atoms with van der Waals surface area (Å²) in [6.45, 7) is 4.15. The number of nitrogens with one attached hydrogen (secondary N) is 1. The van der Waals surface area contributed by atoms with Gasteiger partial charge in [-0.15, -0.1) is 0 Å². The molecule has 1 aliphatic rings. The largest absolute Gasteiger partial charge is 0.380 e. The van der Waals surface area contributed by atoms with Gasteiger partial charge in [0.25, 0.3) is 0 Å². The van der Waals surface area contributed by atoms with Crippen LogP contribution in [-0.2, 0) is 5.60 Å². The number of hydrogen-bond acceptors (Lipinski definition) is 8. The molecule has 5 heterocycles. The molecular weight excluding hydrogens is 480 g/mol. The van der Waals surface area contributed by atoms with Gasteiger partial charge in [0.1, 0.15) is 29.1 Å². The summed E-state index contributed by atoms with van der Waals surface area (Å²) in [6, 6.07) is 5.13. The molecule has 37 heavy (non-hydrogen) atoms. The smallest absolute Gasteiger partial charge is 0.225 e. The van der Waals surface area contributed by atoms with Gasteiger partial charge in [0.15, 0.2) is 5.82 Å². The zero-order valence-corrected chi connectivity index (χ0v) is 19.9. The fourth-order valence-electron chi connectivity index (χ4n) is 4.62. The number of hydrogen-bond donors (Lipinski definition) is 2. The number of halogens is 2. The molecule has 5 aromatic rings. The van der Waals surface area contributed by atoms with Crippen LogP contribution in [0.5, 0.6) is 0 Å². The third-order valence-electron chi connectivity index (χ3n) is 6.74. The van der Waals surface area contributed by atoms with Crippen LogP contribution in [0.4, 0.5) is 20.5 Å². The lowest BCUT2D eigenvalue weighted by Gasteiger charge is -2.35. The van der Waals surface area contributed by atoms with Gasteiger partial charge in [-0.05, 0) is 25.1 Å². The highest BCUT2D eigenvalue weighted by atomic mass is 19.1. The van der Waals surface area contributed by atoms with Crippen molar-refractivity contribution in [2.24, 2.45) is 0 Å². The maximum absolute atomic E-state index is 14.3. The van der Waals surface area contributed by atoms with Crippen LogP contribution in [0, 0.1) is 11.6 Å². The molecule has 1 aliphatic heterocycles. The maximum Gasteiger partial charge on any atom is 0.225 e. The van der Waals surface area contributed by atoms with Crippen LogP contribution < -0.4 is 9.80 Å². The minimum absolute atomic E-state index is 0.0451. The van der Waals surface area contributed by atoms with Crippen LogP contribution in [0.15, 0.2) is 61.6 Å². The van der Waals surface area contributed by atoms with E-state index in [2.05, 4.69) is 35.1 Å². The van der Waals surface area contributed by atoms with Crippen LogP contribution in [0.2, 0.25) is 0 Å². The molecule has 0 radical (unpaired) electrons. The Labute approximate surface area is 210 Å². The zero-order valence-electron chi connectivity index (χ0n) is 19.9. The van der Waals surface area contributed by atoms with Gasteiger partial charge in [0.05, 0.1) is 6.20 Å². The van der Waals surface area contributed by atoms with Crippen molar-refractivity contribution in [1.29, 1.82) is 0 Å². The SMILES string of the molecule is C[C@@](O)(c1cnc(N2CCN(c3ncnn4cc(-c5cn[nH]c5)cc34)CC2)nc1)c1ccc(F)cc1F. The molecule has 0 unspecified atom stereocenters. The highest BCUT2D eigenvalue weighted by molar-refractivity contribution is 5.77. The van der Waals surface area contributed by atoms with E-state index >= 15 is 0 Å². The van der Waals surface area contributed by atoms with E-state index in [0.29, 0.717) is 37.7 Å². The summed E-state index contributed by atoms with van der Waals surface area (Å²) >= 11 is 0. The summed E-state index contributed by atoms with van der Waals surface area (Å²) in [5, 5.41) is 22.1. The van der Waals surface area contributed by atoms with Gasteiger partial charge in [0, 0.05) is 79.3 Å². The van der Waals surface area contributed by atoms with E-state index in [9.17, 15) is 13.9 Å². The fourth-order valence-corrected chi connectivity index (χ4v) is 4.62. The number of H-pyrrole nitrogens is 1. The molecule has 2 N–H and O–H groups in total. The first kappa shape index (κ1) is 23.0. The molecule has 1 saturated heterocycles. The second kappa shape index (κ2) is 8.89. The van der Waals surface area contributed by atoms with E-state index in [4.69, 9.17) is 0 Å². The number of anilines is 2. The summed E-state index contributed by atoms with van der Waals surface area (Å²) in [6.07, 6.45) is 10.0. The van der Waals surface area contributed by atoms with Crippen molar-refractivity contribution in [2.45, 2.75) is 12.5 Å². The van der Waals surface area contributed by atoms with E-state index in [1.807, 2.05) is 27.9 Å². The minimum Gasteiger partial charge on any atom is -0.380 e. The number of piperazine rings is 1. The van der Waals surface area contributed by atoms with Gasteiger partial charge in [-0.25, -0.2) is 28.2 Å². The number of fused-ring (bicyclic) bond motifs is 1. The van der Waals surface area contributed by atoms with Gasteiger partial charge in [-0.3, -0.25) is 5.10 Å². The lowest BCUT2D eigenvalue weighted by molar-refractivity contribution is 0.0970. The first-order valence-electron chi connectivity index (χ1n) is 11.7. The van der Waals surface area contributed by atoms with Crippen molar-refractivity contribution in [2.75, 3.05) is 36.0 Å². The van der Waals surface area contributed by atoms with Crippen molar-refractivity contribution in [1.82, 2.24) is 34.8 Å². The lowest BCUT2D eigenvalue weighted by atomic mass is 9.89. The number of rotatable bonds is 5. The Morgan fingerprint density at radius 1 is 0.946 bits per heavy atom. The van der Waals surface area contributed by atoms with Crippen molar-refractivity contribution in [3.63, 3.8) is 0 Å². The molecule has 1 aromatic carbocycles. The van der Waals surface area contributed by atoms with E-state index in [0.717, 1.165) is 34.6 Å². The second-order valence-electron chi connectivity index (χ2n) is 9.07. The standard InChI is InChI=1S/C25H23F2N9O/c1-25(37,20-3-2-19(26)9-21(20)27)18-12-28-24(29-13-18)35-6-4-34(5-7-35)23-22-8-16(17-10-31-32-11-17)14-36(22)33-15-30-23/h2-3,8-15,37H,4-7H2,1H3,(H,31,32)/t25-/m1/s1. The molecular formula is C25H23F2N9O. The highest BCUT2D eigenvalue weighted by Crippen LogP contribution is 2.31. The third kappa shape index (κ3) is 4.14. The van der Waals surface area contributed by atoms with Crippen LogP contribution in [-0.4, -0.2) is 66.0 Å². The van der Waals surface area contributed by atoms with Crippen molar-refractivity contribution in [3.8, 4) is 11.1 Å². The van der Waals surface area contributed by atoms with Crippen LogP contribution in [0.3, 0.4) is 0 Å². The Hall–Kier alpha value is -4.45. The van der Waals surface area contributed by atoms with Crippen LogP contribution >= 0.6 is 0 Å². The van der Waals surface area contributed by atoms with Gasteiger partial charge < -0.3 is 14.9 Å². The third-order valence-corrected chi connectivity index (χ3v) is 6.74. The number of aromatic nitrogens is 7. The fraction of sp³-hybridized carbons (Fsp3) is 0.240. The van der Waals surface area contributed by atoms with Crippen LogP contribution in [0.25, 0.3) is 16.6 Å². The van der Waals surface area contributed by atoms with E-state index in [1.165, 1.54) is 25.4 Å². The Morgan fingerprint density at radius 2 is 1.70 bits per heavy atom. The molecule has 10 nitrogen and oxygen atoms in total. The van der Waals surface area contributed by atoms with E-state index in [1.54, 1.807) is 12.5 Å². The van der Waals surface area contributed by atoms with Gasteiger partial charge in [0.2, 0.25) is 5.95 Å². The minimum atomic E-state index is -1.71. The molecule has 0 spiro atoms. The molecule has 0 saturated carbocycles. The molecule has 1 atom stereocenters. The Balaban J connectivity index is 1.17. The van der Waals surface area contributed by atoms with Gasteiger partial charge >= 0.3 is 0 Å². The predicted molar refractivity (Wildman–Crippen MR) is 132 cm³/mol. The summed E-state index contributed by atoms with van der Waals surface area (Å²) in [5.74, 6) is -0.181. The topological polar surface area (TPSA) is 111 Å². The number of nitrogens with zero attached hydrogens (tertiary/aromatic N) is 8. The quantitative estimate of drug-likeness (QED) is 0.377. The summed E-state index contributed by atoms with van der Waals surface area (Å²) in [5.41, 5.74) is 1.44. The van der Waals surface area contributed by atoms with Gasteiger partial charge in [-0.2, -0.15) is 10.2 Å². The van der Waals surface area contributed by atoms with E-state index in [-0.39, 0.29) is 5.56 Å². The van der Waals surface area contributed by atoms with E-state index < -0.39 is 17.2 Å². The molecule has 0 amide bonds. The lowest BCUT2D eigenvalue weighted by Crippen LogP contribution is -2.47. The number of aromatic amines is 1. The average molecular weight is 504 g/mol. The maximum atomic E-state index is 14.3. The highest BCUT2D eigenvalue weighted by Gasteiger charge is 2.30. The summed E-state index contributed by atoms with van der Waals surface area (Å²) in [7, 11) is 0. The second-order valence-corrected chi connectivity index (χ2v) is 9.07. The van der Waals surface area contributed by atoms with Gasteiger partial charge in [-0.1, -0.05) is 0 Å². The number of benzene rings is 1. The molecule has 188 valence electrons. The molecule has 0 aliphatic carbocycles. The molecule has 12 heteroatoms. The summed E-state index contributed by atoms with van der Waals surface area (Å²) < 4.78 is 29.4. The Morgan fingerprint density at radius 3 is 2.41 bits per heavy atom. The zero-order chi connectivity index (χ0) is 25.6. The van der Waals surface area contributed by atoms with Crippen molar-refractivity contribution >= 4 is 17.3 Å².